The summed E-state index contributed by atoms with van der Waals surface area (Å²) in [5.41, 5.74) is -2.72. The van der Waals surface area contributed by atoms with Gasteiger partial charge in [-0.2, -0.15) is 4.39 Å². The first-order valence-corrected chi connectivity index (χ1v) is 6.08. The van der Waals surface area contributed by atoms with Crippen LogP contribution in [0.4, 0.5) is 4.39 Å². The van der Waals surface area contributed by atoms with Gasteiger partial charge < -0.3 is 20.1 Å². The fourth-order valence-electron chi connectivity index (χ4n) is 2.22. The average Bonchev–Trinajstić information content (AvgIpc) is 2.65. The van der Waals surface area contributed by atoms with E-state index in [0.29, 0.717) is 0 Å². The van der Waals surface area contributed by atoms with Crippen LogP contribution < -0.4 is 11.2 Å². The second-order valence-electron chi connectivity index (χ2n) is 4.61. The molecule has 1 saturated heterocycles. The molecule has 2 rings (SSSR count). The fourth-order valence-corrected chi connectivity index (χ4v) is 2.22. The van der Waals surface area contributed by atoms with Gasteiger partial charge in [-0.1, -0.05) is 6.92 Å². The highest BCUT2D eigenvalue weighted by atomic mass is 19.1. The largest absolute Gasteiger partial charge is 0.390 e. The molecule has 2 heterocycles. The molecule has 5 N–H and O–H groups in total. The predicted molar refractivity (Wildman–Crippen MR) is 63.6 cm³/mol. The van der Waals surface area contributed by atoms with Crippen molar-refractivity contribution in [3.05, 3.63) is 32.3 Å². The number of rotatable bonds is 3. The van der Waals surface area contributed by atoms with Crippen LogP contribution in [0, 0.1) is 5.95 Å². The van der Waals surface area contributed by atoms with E-state index in [2.05, 4.69) is 0 Å². The van der Waals surface area contributed by atoms with Crippen molar-refractivity contribution in [1.29, 1.82) is 0 Å². The van der Waals surface area contributed by atoms with Gasteiger partial charge in [0.25, 0.3) is 5.56 Å². The summed E-state index contributed by atoms with van der Waals surface area (Å²) < 4.78 is 18.9. The molecule has 1 unspecified atom stereocenters. The molecule has 0 saturated carbocycles. The Balaban J connectivity index is 2.40. The summed E-state index contributed by atoms with van der Waals surface area (Å²) in [4.78, 5) is 26.0. The van der Waals surface area contributed by atoms with E-state index in [-0.39, 0.29) is 6.42 Å². The van der Waals surface area contributed by atoms with Crippen LogP contribution in [-0.4, -0.2) is 49.7 Å². The van der Waals surface area contributed by atoms with Gasteiger partial charge in [0.15, 0.2) is 0 Å². The summed E-state index contributed by atoms with van der Waals surface area (Å²) in [7, 11) is 0. The molecule has 0 bridgehead atoms. The number of aliphatic hydroxyl groups excluding tert-OH is 3. The maximum atomic E-state index is 13.7. The summed E-state index contributed by atoms with van der Waals surface area (Å²) in [5.74, 6) is -1.25. The zero-order valence-corrected chi connectivity index (χ0v) is 10.5. The van der Waals surface area contributed by atoms with Crippen LogP contribution in [0.15, 0.2) is 9.59 Å². The van der Waals surface area contributed by atoms with Gasteiger partial charge in [0.2, 0.25) is 5.95 Å². The van der Waals surface area contributed by atoms with Crippen molar-refractivity contribution < 1.29 is 24.4 Å². The third-order valence-corrected chi connectivity index (χ3v) is 3.31. The number of aliphatic hydroxyl groups is 3. The average molecular weight is 290 g/mol. The maximum absolute atomic E-state index is 13.7. The lowest BCUT2D eigenvalue weighted by Gasteiger charge is -2.19. The number of hydrogen-bond acceptors (Lipinski definition) is 6. The van der Waals surface area contributed by atoms with Gasteiger partial charge in [-0.15, -0.1) is 0 Å². The molecule has 0 aromatic carbocycles. The number of aromatic amines is 2. The predicted octanol–water partition coefficient (Wildman–Crippen LogP) is -1.87. The number of nitrogens with one attached hydrogen (secondary N) is 2. The standard InChI is InChI=1S/C11H15FN2O6/c1-2-3(15)7-5(16)6(17)8(20-7)4-9(12)13-11(19)14-10(4)18/h3,5-8,15-17H,2H2,1H3,(H2,13,14,18,19)/t3?,5-,6-,7+,8-/m0/s1. The lowest BCUT2D eigenvalue weighted by molar-refractivity contribution is -0.0677. The Bertz CT molecular complexity index is 599. The SMILES string of the molecule is CCC(O)[C@H]1O[C@@H](c2c(F)[nH]c(=O)[nH]c2=O)[C@@H](O)[C@@H]1O. The van der Waals surface area contributed by atoms with E-state index in [0.717, 1.165) is 0 Å². The van der Waals surface area contributed by atoms with E-state index in [1.165, 1.54) is 0 Å². The summed E-state index contributed by atoms with van der Waals surface area (Å²) in [6.07, 6.45) is -6.52. The third kappa shape index (κ3) is 2.40. The molecular formula is C11H15FN2O6. The van der Waals surface area contributed by atoms with Crippen molar-refractivity contribution >= 4 is 0 Å². The summed E-state index contributed by atoms with van der Waals surface area (Å²) in [5, 5.41) is 29.3. The molecule has 0 amide bonds. The molecule has 0 spiro atoms. The van der Waals surface area contributed by atoms with Gasteiger partial charge in [0.05, 0.1) is 6.10 Å². The van der Waals surface area contributed by atoms with Crippen molar-refractivity contribution in [2.45, 2.75) is 43.9 Å². The number of ether oxygens (including phenoxy) is 1. The van der Waals surface area contributed by atoms with E-state index in [4.69, 9.17) is 4.74 Å². The Morgan fingerprint density at radius 2 is 1.95 bits per heavy atom. The van der Waals surface area contributed by atoms with Gasteiger partial charge in [0.1, 0.15) is 30.0 Å². The minimum atomic E-state index is -1.59. The fraction of sp³-hybridized carbons (Fsp3) is 0.636. The van der Waals surface area contributed by atoms with Crippen LogP contribution >= 0.6 is 0 Å². The summed E-state index contributed by atoms with van der Waals surface area (Å²) in [6, 6.07) is 0. The summed E-state index contributed by atoms with van der Waals surface area (Å²) >= 11 is 0. The number of H-pyrrole nitrogens is 2. The van der Waals surface area contributed by atoms with Crippen molar-refractivity contribution in [3.8, 4) is 0 Å². The first-order valence-electron chi connectivity index (χ1n) is 6.08. The highest BCUT2D eigenvalue weighted by molar-refractivity contribution is 5.15. The number of hydrogen-bond donors (Lipinski definition) is 5. The molecule has 1 aliphatic heterocycles. The van der Waals surface area contributed by atoms with Gasteiger partial charge in [-0.25, -0.2) is 4.79 Å². The first-order chi connectivity index (χ1) is 9.36. The van der Waals surface area contributed by atoms with Crippen LogP contribution in [0.25, 0.3) is 0 Å². The molecule has 1 fully saturated rings. The maximum Gasteiger partial charge on any atom is 0.327 e. The normalized spacial score (nSPS) is 31.4. The molecule has 1 aliphatic rings. The minimum Gasteiger partial charge on any atom is -0.390 e. The Morgan fingerprint density at radius 3 is 2.50 bits per heavy atom. The molecule has 1 aromatic heterocycles. The lowest BCUT2D eigenvalue weighted by atomic mass is 10.0. The Morgan fingerprint density at radius 1 is 1.30 bits per heavy atom. The zero-order chi connectivity index (χ0) is 15.0. The molecule has 8 nitrogen and oxygen atoms in total. The van der Waals surface area contributed by atoms with Crippen molar-refractivity contribution in [2.75, 3.05) is 0 Å². The van der Waals surface area contributed by atoms with Gasteiger partial charge in [-0.3, -0.25) is 14.8 Å². The second kappa shape index (κ2) is 5.44. The third-order valence-electron chi connectivity index (χ3n) is 3.31. The van der Waals surface area contributed by atoms with Crippen LogP contribution in [0.2, 0.25) is 0 Å². The monoisotopic (exact) mass is 290 g/mol. The smallest absolute Gasteiger partial charge is 0.327 e. The molecule has 0 radical (unpaired) electrons. The van der Waals surface area contributed by atoms with Crippen LogP contribution in [0.3, 0.4) is 0 Å². The van der Waals surface area contributed by atoms with Crippen molar-refractivity contribution in [3.63, 3.8) is 0 Å². The van der Waals surface area contributed by atoms with Gasteiger partial charge >= 0.3 is 5.69 Å². The zero-order valence-electron chi connectivity index (χ0n) is 10.5. The quantitative estimate of drug-likeness (QED) is 0.414. The molecule has 1 aromatic rings. The lowest BCUT2D eigenvalue weighted by Crippen LogP contribution is -2.38. The topological polar surface area (TPSA) is 136 Å². The van der Waals surface area contributed by atoms with Crippen molar-refractivity contribution in [1.82, 2.24) is 9.97 Å². The molecule has 9 heteroatoms. The molecule has 5 atom stereocenters. The Kier molecular flexibility index (Phi) is 4.04. The van der Waals surface area contributed by atoms with Crippen LogP contribution in [0.5, 0.6) is 0 Å². The number of halogens is 1. The van der Waals surface area contributed by atoms with Gasteiger partial charge in [-0.05, 0) is 6.42 Å². The van der Waals surface area contributed by atoms with Crippen LogP contribution in [-0.2, 0) is 4.74 Å². The van der Waals surface area contributed by atoms with E-state index in [9.17, 15) is 29.3 Å². The number of aromatic nitrogens is 2. The molecule has 0 aliphatic carbocycles. The Hall–Kier alpha value is -1.55. The Labute approximate surface area is 111 Å². The van der Waals surface area contributed by atoms with Crippen LogP contribution in [0.1, 0.15) is 25.0 Å². The van der Waals surface area contributed by atoms with E-state index in [1.807, 2.05) is 4.98 Å². The van der Waals surface area contributed by atoms with E-state index in [1.54, 1.807) is 11.9 Å². The van der Waals surface area contributed by atoms with E-state index >= 15 is 0 Å². The first kappa shape index (κ1) is 14.9. The minimum absolute atomic E-state index is 0.242. The van der Waals surface area contributed by atoms with Crippen molar-refractivity contribution in [2.24, 2.45) is 0 Å². The summed E-state index contributed by atoms with van der Waals surface area (Å²) in [6.45, 7) is 1.63. The molecular weight excluding hydrogens is 275 g/mol. The highest BCUT2D eigenvalue weighted by Crippen LogP contribution is 2.34. The molecule has 20 heavy (non-hydrogen) atoms. The van der Waals surface area contributed by atoms with E-state index < -0.39 is 53.3 Å². The second-order valence-corrected chi connectivity index (χ2v) is 4.61. The molecule has 112 valence electrons. The van der Waals surface area contributed by atoms with Gasteiger partial charge in [0, 0.05) is 0 Å². The highest BCUT2D eigenvalue weighted by Gasteiger charge is 2.48.